The van der Waals surface area contributed by atoms with Crippen LogP contribution in [0.15, 0.2) is 17.3 Å². The molecule has 0 spiro atoms. The largest absolute Gasteiger partial charge is 0.306 e. The summed E-state index contributed by atoms with van der Waals surface area (Å²) in [7, 11) is -1.35. The molecule has 0 saturated carbocycles. The molecule has 2 N–H and O–H groups in total. The maximum Gasteiger partial charge on any atom is 0.243 e. The van der Waals surface area contributed by atoms with Crippen molar-refractivity contribution in [1.82, 2.24) is 19.8 Å². The molecular weight excluding hydrogens is 228 g/mol. The van der Waals surface area contributed by atoms with Crippen LogP contribution in [0.3, 0.4) is 0 Å². The third-order valence-electron chi connectivity index (χ3n) is 2.82. The Labute approximate surface area is 95.1 Å². The minimum absolute atomic E-state index is 0.0381. The fourth-order valence-corrected chi connectivity index (χ4v) is 3.01. The molecule has 0 atom stereocenters. The van der Waals surface area contributed by atoms with Gasteiger partial charge >= 0.3 is 0 Å². The molecule has 2 heterocycles. The Balaban J connectivity index is 2.00. The van der Waals surface area contributed by atoms with E-state index < -0.39 is 10.0 Å². The molecule has 1 aliphatic rings. The van der Waals surface area contributed by atoms with Crippen molar-refractivity contribution in [2.45, 2.75) is 23.8 Å². The highest BCUT2D eigenvalue weighted by atomic mass is 32.2. The van der Waals surface area contributed by atoms with Crippen LogP contribution in [-0.2, 0) is 10.0 Å². The summed E-state index contributed by atoms with van der Waals surface area (Å²) < 4.78 is 26.4. The number of sulfonamides is 1. The summed E-state index contributed by atoms with van der Waals surface area (Å²) in [5.74, 6) is 0. The number of aromatic amines is 1. The van der Waals surface area contributed by atoms with Gasteiger partial charge in [0.25, 0.3) is 0 Å². The molecule has 6 nitrogen and oxygen atoms in total. The number of piperidine rings is 1. The molecule has 90 valence electrons. The zero-order valence-corrected chi connectivity index (χ0v) is 10.00. The topological polar surface area (TPSA) is 78.1 Å². The monoisotopic (exact) mass is 244 g/mol. The second-order valence-electron chi connectivity index (χ2n) is 4.13. The van der Waals surface area contributed by atoms with Gasteiger partial charge in [-0.25, -0.2) is 13.1 Å². The SMILES string of the molecule is CN1CCC(NS(=O)(=O)c2cn[nH]c2)CC1. The molecule has 0 bridgehead atoms. The number of H-pyrrole nitrogens is 1. The average molecular weight is 244 g/mol. The fourth-order valence-electron chi connectivity index (χ4n) is 1.80. The van der Waals surface area contributed by atoms with E-state index >= 15 is 0 Å². The first kappa shape index (κ1) is 11.6. The zero-order chi connectivity index (χ0) is 11.6. The minimum Gasteiger partial charge on any atom is -0.306 e. The van der Waals surface area contributed by atoms with Gasteiger partial charge in [0.05, 0.1) is 6.20 Å². The quantitative estimate of drug-likeness (QED) is 0.770. The minimum atomic E-state index is -3.40. The summed E-state index contributed by atoms with van der Waals surface area (Å²) in [5, 5.41) is 6.14. The highest BCUT2D eigenvalue weighted by molar-refractivity contribution is 7.89. The highest BCUT2D eigenvalue weighted by Gasteiger charge is 2.23. The third-order valence-corrected chi connectivity index (χ3v) is 4.31. The van der Waals surface area contributed by atoms with Crippen LogP contribution < -0.4 is 4.72 Å². The van der Waals surface area contributed by atoms with Gasteiger partial charge < -0.3 is 4.90 Å². The van der Waals surface area contributed by atoms with Crippen molar-refractivity contribution in [3.8, 4) is 0 Å². The maximum atomic E-state index is 11.9. The molecule has 1 aromatic heterocycles. The molecule has 1 aromatic rings. The van der Waals surface area contributed by atoms with Crippen LogP contribution in [0.25, 0.3) is 0 Å². The van der Waals surface area contributed by atoms with Crippen LogP contribution in [-0.4, -0.2) is 49.7 Å². The Morgan fingerprint density at radius 1 is 1.50 bits per heavy atom. The molecule has 1 saturated heterocycles. The van der Waals surface area contributed by atoms with Crippen LogP contribution in [0.4, 0.5) is 0 Å². The maximum absolute atomic E-state index is 11.9. The second kappa shape index (κ2) is 4.52. The van der Waals surface area contributed by atoms with Gasteiger partial charge in [0.2, 0.25) is 10.0 Å². The van der Waals surface area contributed by atoms with Crippen molar-refractivity contribution in [1.29, 1.82) is 0 Å². The lowest BCUT2D eigenvalue weighted by molar-refractivity contribution is 0.248. The molecule has 0 aliphatic carbocycles. The normalized spacial score (nSPS) is 20.1. The van der Waals surface area contributed by atoms with Crippen LogP contribution in [0.5, 0.6) is 0 Å². The summed E-state index contributed by atoms with van der Waals surface area (Å²) in [6.07, 6.45) is 4.41. The Kier molecular flexibility index (Phi) is 3.27. The van der Waals surface area contributed by atoms with Gasteiger partial charge in [0, 0.05) is 12.2 Å². The van der Waals surface area contributed by atoms with Crippen molar-refractivity contribution in [2.75, 3.05) is 20.1 Å². The van der Waals surface area contributed by atoms with E-state index in [9.17, 15) is 8.42 Å². The van der Waals surface area contributed by atoms with E-state index in [1.807, 2.05) is 7.05 Å². The lowest BCUT2D eigenvalue weighted by Gasteiger charge is -2.29. The third kappa shape index (κ3) is 2.60. The van der Waals surface area contributed by atoms with Gasteiger partial charge in [0.15, 0.2) is 0 Å². The van der Waals surface area contributed by atoms with Gasteiger partial charge in [-0.3, -0.25) is 5.10 Å². The average Bonchev–Trinajstić information content (AvgIpc) is 2.75. The molecule has 0 radical (unpaired) electrons. The van der Waals surface area contributed by atoms with Crippen LogP contribution in [0.1, 0.15) is 12.8 Å². The van der Waals surface area contributed by atoms with E-state index in [1.54, 1.807) is 0 Å². The Morgan fingerprint density at radius 3 is 2.75 bits per heavy atom. The van der Waals surface area contributed by atoms with E-state index in [0.29, 0.717) is 0 Å². The molecule has 1 fully saturated rings. The fraction of sp³-hybridized carbons (Fsp3) is 0.667. The summed E-state index contributed by atoms with van der Waals surface area (Å²) in [4.78, 5) is 2.40. The van der Waals surface area contributed by atoms with Gasteiger partial charge in [-0.1, -0.05) is 0 Å². The Hall–Kier alpha value is -0.920. The molecule has 0 aromatic carbocycles. The number of rotatable bonds is 3. The Morgan fingerprint density at radius 2 is 2.19 bits per heavy atom. The summed E-state index contributed by atoms with van der Waals surface area (Å²) >= 11 is 0. The predicted octanol–water partition coefficient (Wildman–Crippen LogP) is -0.218. The van der Waals surface area contributed by atoms with Crippen molar-refractivity contribution >= 4 is 10.0 Å². The van der Waals surface area contributed by atoms with E-state index in [0.717, 1.165) is 25.9 Å². The molecule has 0 unspecified atom stereocenters. The molecule has 16 heavy (non-hydrogen) atoms. The second-order valence-corrected chi connectivity index (χ2v) is 5.85. The van der Waals surface area contributed by atoms with E-state index in [4.69, 9.17) is 0 Å². The highest BCUT2D eigenvalue weighted by Crippen LogP contribution is 2.12. The van der Waals surface area contributed by atoms with E-state index in [2.05, 4.69) is 19.8 Å². The standard InChI is InChI=1S/C9H16N4O2S/c1-13-4-2-8(3-5-13)12-16(14,15)9-6-10-11-7-9/h6-8,12H,2-5H2,1H3,(H,10,11). The van der Waals surface area contributed by atoms with E-state index in [-0.39, 0.29) is 10.9 Å². The van der Waals surface area contributed by atoms with Crippen LogP contribution in [0, 0.1) is 0 Å². The smallest absolute Gasteiger partial charge is 0.243 e. The number of aromatic nitrogens is 2. The summed E-state index contributed by atoms with van der Waals surface area (Å²) in [5.41, 5.74) is 0. The summed E-state index contributed by atoms with van der Waals surface area (Å²) in [6, 6.07) is 0.0381. The predicted molar refractivity (Wildman–Crippen MR) is 59.4 cm³/mol. The number of likely N-dealkylation sites (tertiary alicyclic amines) is 1. The lowest BCUT2D eigenvalue weighted by Crippen LogP contribution is -2.43. The molecule has 7 heteroatoms. The van der Waals surface area contributed by atoms with E-state index in [1.165, 1.54) is 12.4 Å². The van der Waals surface area contributed by atoms with Gasteiger partial charge in [-0.15, -0.1) is 0 Å². The van der Waals surface area contributed by atoms with Crippen molar-refractivity contribution in [3.63, 3.8) is 0 Å². The number of hydrogen-bond donors (Lipinski definition) is 2. The molecule has 0 amide bonds. The first-order valence-electron chi connectivity index (χ1n) is 5.27. The first-order valence-corrected chi connectivity index (χ1v) is 6.76. The first-order chi connectivity index (χ1) is 7.58. The Bertz CT molecular complexity index is 420. The van der Waals surface area contributed by atoms with Gasteiger partial charge in [-0.2, -0.15) is 5.10 Å². The number of hydrogen-bond acceptors (Lipinski definition) is 4. The number of nitrogens with zero attached hydrogens (tertiary/aromatic N) is 2. The van der Waals surface area contributed by atoms with Gasteiger partial charge in [0.1, 0.15) is 4.90 Å². The summed E-state index contributed by atoms with van der Waals surface area (Å²) in [6.45, 7) is 1.86. The van der Waals surface area contributed by atoms with Crippen LogP contribution in [0.2, 0.25) is 0 Å². The zero-order valence-electron chi connectivity index (χ0n) is 9.18. The van der Waals surface area contributed by atoms with Crippen molar-refractivity contribution in [3.05, 3.63) is 12.4 Å². The molecular formula is C9H16N4O2S. The van der Waals surface area contributed by atoms with Crippen molar-refractivity contribution < 1.29 is 8.42 Å². The number of nitrogens with one attached hydrogen (secondary N) is 2. The lowest BCUT2D eigenvalue weighted by atomic mass is 10.1. The van der Waals surface area contributed by atoms with Gasteiger partial charge in [-0.05, 0) is 33.0 Å². The molecule has 1 aliphatic heterocycles. The van der Waals surface area contributed by atoms with Crippen molar-refractivity contribution in [2.24, 2.45) is 0 Å². The van der Waals surface area contributed by atoms with Crippen LogP contribution >= 0.6 is 0 Å². The molecule has 2 rings (SSSR count).